The molecule has 2 aromatic heterocycles. The topological polar surface area (TPSA) is 136 Å². The van der Waals surface area contributed by atoms with Gasteiger partial charge in [0.05, 0.1) is 10.6 Å². The van der Waals surface area contributed by atoms with Gasteiger partial charge in [-0.25, -0.2) is 18.4 Å². The van der Waals surface area contributed by atoms with Gasteiger partial charge in [0.25, 0.3) is 10.0 Å². The maximum atomic E-state index is 12.8. The average Bonchev–Trinajstić information content (AvgIpc) is 3.44. The Morgan fingerprint density at radius 3 is 2.22 bits per heavy atom. The first kappa shape index (κ1) is 24.1. The van der Waals surface area contributed by atoms with Gasteiger partial charge in [-0.1, -0.05) is 0 Å². The quantitative estimate of drug-likeness (QED) is 0.367. The van der Waals surface area contributed by atoms with Crippen molar-refractivity contribution in [1.29, 1.82) is 0 Å². The van der Waals surface area contributed by atoms with Crippen LogP contribution in [0.2, 0.25) is 0 Å². The van der Waals surface area contributed by atoms with Gasteiger partial charge >= 0.3 is 0 Å². The molecule has 12 heteroatoms. The Labute approximate surface area is 212 Å². The summed E-state index contributed by atoms with van der Waals surface area (Å²) < 4.78 is 35.9. The van der Waals surface area contributed by atoms with Crippen LogP contribution in [0.25, 0.3) is 5.82 Å². The zero-order valence-electron chi connectivity index (χ0n) is 20.0. The highest BCUT2D eigenvalue weighted by Crippen LogP contribution is 2.27. The summed E-state index contributed by atoms with van der Waals surface area (Å²) >= 11 is 0. The molecule has 1 aliphatic rings. The standard InChI is InChI=1S/C25H22N6O5S/c1-16-27-22(30-14-13-26-17(30)2)15-23(28-16)36-20-7-3-18(4-8-20)29-37(34,35)21-9-5-19(6-10-21)31-24(32)11-12-25(31)33/h3-10,13-15,29H,11-12H2,1-2H3. The lowest BCUT2D eigenvalue weighted by atomic mass is 10.3. The molecular formula is C25H22N6O5S. The van der Waals surface area contributed by atoms with Crippen LogP contribution in [0.4, 0.5) is 11.4 Å². The maximum absolute atomic E-state index is 12.8. The van der Waals surface area contributed by atoms with Crippen LogP contribution in [-0.4, -0.2) is 39.8 Å². The highest BCUT2D eigenvalue weighted by Gasteiger charge is 2.30. The first-order chi connectivity index (χ1) is 17.7. The Morgan fingerprint density at radius 2 is 1.59 bits per heavy atom. The van der Waals surface area contributed by atoms with Crippen LogP contribution in [0.5, 0.6) is 11.6 Å². The number of carbonyl (C=O) groups is 2. The van der Waals surface area contributed by atoms with E-state index in [2.05, 4.69) is 19.7 Å². The van der Waals surface area contributed by atoms with Gasteiger partial charge in [-0.3, -0.25) is 23.8 Å². The molecule has 2 amide bonds. The second-order valence-electron chi connectivity index (χ2n) is 8.30. The molecule has 1 aliphatic heterocycles. The van der Waals surface area contributed by atoms with E-state index in [1.807, 2.05) is 11.5 Å². The first-order valence-electron chi connectivity index (χ1n) is 11.3. The van der Waals surface area contributed by atoms with E-state index < -0.39 is 10.0 Å². The summed E-state index contributed by atoms with van der Waals surface area (Å²) in [5.41, 5.74) is 0.675. The summed E-state index contributed by atoms with van der Waals surface area (Å²) in [5.74, 6) is 2.10. The van der Waals surface area contributed by atoms with Gasteiger partial charge in [-0.2, -0.15) is 4.98 Å². The minimum absolute atomic E-state index is 0.00513. The molecule has 1 N–H and O–H groups in total. The van der Waals surface area contributed by atoms with Crippen LogP contribution < -0.4 is 14.4 Å². The molecule has 3 heterocycles. The summed E-state index contributed by atoms with van der Waals surface area (Å²) in [6, 6.07) is 13.6. The number of aromatic nitrogens is 4. The molecule has 2 aromatic carbocycles. The van der Waals surface area contributed by atoms with Gasteiger partial charge in [0.1, 0.15) is 23.2 Å². The number of hydrogen-bond donors (Lipinski definition) is 1. The Hall–Kier alpha value is -4.58. The molecule has 0 radical (unpaired) electrons. The van der Waals surface area contributed by atoms with Gasteiger partial charge < -0.3 is 4.74 Å². The Morgan fingerprint density at radius 1 is 0.919 bits per heavy atom. The first-order valence-corrected chi connectivity index (χ1v) is 12.8. The van der Waals surface area contributed by atoms with Crippen molar-refractivity contribution in [1.82, 2.24) is 19.5 Å². The zero-order chi connectivity index (χ0) is 26.2. The van der Waals surface area contributed by atoms with Crippen molar-refractivity contribution in [2.45, 2.75) is 31.6 Å². The van der Waals surface area contributed by atoms with Gasteiger partial charge in [0.2, 0.25) is 17.7 Å². The summed E-state index contributed by atoms with van der Waals surface area (Å²) in [5, 5.41) is 0. The van der Waals surface area contributed by atoms with Crippen LogP contribution in [-0.2, 0) is 19.6 Å². The van der Waals surface area contributed by atoms with Crippen LogP contribution in [0.3, 0.4) is 0 Å². The number of ether oxygens (including phenoxy) is 1. The third-order valence-electron chi connectivity index (χ3n) is 5.66. The summed E-state index contributed by atoms with van der Waals surface area (Å²) in [6.07, 6.45) is 3.78. The van der Waals surface area contributed by atoms with Crippen molar-refractivity contribution >= 4 is 33.2 Å². The largest absolute Gasteiger partial charge is 0.439 e. The minimum Gasteiger partial charge on any atom is -0.439 e. The van der Waals surface area contributed by atoms with E-state index in [4.69, 9.17) is 4.74 Å². The summed E-state index contributed by atoms with van der Waals surface area (Å²) in [7, 11) is -3.90. The van der Waals surface area contributed by atoms with Crippen molar-refractivity contribution in [3.05, 3.63) is 78.6 Å². The number of benzene rings is 2. The number of imidazole rings is 1. The van der Waals surface area contributed by atoms with E-state index in [1.54, 1.807) is 49.6 Å². The van der Waals surface area contributed by atoms with E-state index in [9.17, 15) is 18.0 Å². The lowest BCUT2D eigenvalue weighted by molar-refractivity contribution is -0.121. The van der Waals surface area contributed by atoms with E-state index in [-0.39, 0.29) is 29.6 Å². The number of nitrogens with zero attached hydrogens (tertiary/aromatic N) is 5. The predicted octanol–water partition coefficient (Wildman–Crippen LogP) is 3.53. The molecule has 0 atom stereocenters. The molecule has 0 spiro atoms. The van der Waals surface area contributed by atoms with Crippen molar-refractivity contribution < 1.29 is 22.7 Å². The second-order valence-corrected chi connectivity index (χ2v) is 9.99. The monoisotopic (exact) mass is 518 g/mol. The number of imide groups is 1. The van der Waals surface area contributed by atoms with Gasteiger partial charge in [0.15, 0.2) is 0 Å². The average molecular weight is 519 g/mol. The number of carbonyl (C=O) groups excluding carboxylic acids is 2. The fourth-order valence-electron chi connectivity index (χ4n) is 3.89. The second kappa shape index (κ2) is 9.47. The number of amides is 2. The van der Waals surface area contributed by atoms with E-state index in [1.165, 1.54) is 24.3 Å². The summed E-state index contributed by atoms with van der Waals surface area (Å²) in [6.45, 7) is 3.62. The third kappa shape index (κ3) is 5.05. The lowest BCUT2D eigenvalue weighted by Gasteiger charge is -2.14. The van der Waals surface area contributed by atoms with Gasteiger partial charge in [-0.15, -0.1) is 0 Å². The Bertz CT molecular complexity index is 1580. The third-order valence-corrected chi connectivity index (χ3v) is 7.06. The molecule has 0 saturated carbocycles. The normalized spacial score (nSPS) is 13.7. The van der Waals surface area contributed by atoms with Crippen LogP contribution in [0.1, 0.15) is 24.5 Å². The molecule has 0 bridgehead atoms. The zero-order valence-corrected chi connectivity index (χ0v) is 20.8. The number of hydrogen-bond acceptors (Lipinski definition) is 8. The van der Waals surface area contributed by atoms with E-state index in [0.717, 1.165) is 10.7 Å². The highest BCUT2D eigenvalue weighted by molar-refractivity contribution is 7.92. The molecule has 0 aliphatic carbocycles. The Balaban J connectivity index is 1.28. The number of sulfonamides is 1. The lowest BCUT2D eigenvalue weighted by Crippen LogP contribution is -2.28. The van der Waals surface area contributed by atoms with Crippen LogP contribution in [0.15, 0.2) is 71.9 Å². The molecule has 37 heavy (non-hydrogen) atoms. The van der Waals surface area contributed by atoms with Crippen molar-refractivity contribution in [2.75, 3.05) is 9.62 Å². The molecule has 1 saturated heterocycles. The van der Waals surface area contributed by atoms with Crippen LogP contribution in [0, 0.1) is 13.8 Å². The molecule has 0 unspecified atom stereocenters. The van der Waals surface area contributed by atoms with E-state index >= 15 is 0 Å². The molecule has 4 aromatic rings. The van der Waals surface area contributed by atoms with Gasteiger partial charge in [-0.05, 0) is 62.4 Å². The summed E-state index contributed by atoms with van der Waals surface area (Å²) in [4.78, 5) is 37.8. The van der Waals surface area contributed by atoms with Crippen molar-refractivity contribution in [3.8, 4) is 17.4 Å². The molecule has 5 rings (SSSR count). The smallest absolute Gasteiger partial charge is 0.261 e. The fraction of sp³-hybridized carbons (Fsp3) is 0.160. The minimum atomic E-state index is -3.90. The van der Waals surface area contributed by atoms with Crippen molar-refractivity contribution in [2.24, 2.45) is 0 Å². The molecule has 11 nitrogen and oxygen atoms in total. The highest BCUT2D eigenvalue weighted by atomic mass is 32.2. The molecule has 188 valence electrons. The molecule has 1 fully saturated rings. The number of aryl methyl sites for hydroxylation is 2. The fourth-order valence-corrected chi connectivity index (χ4v) is 4.94. The Kier molecular flexibility index (Phi) is 6.17. The van der Waals surface area contributed by atoms with Gasteiger partial charge in [0, 0.05) is 37.0 Å². The van der Waals surface area contributed by atoms with Crippen molar-refractivity contribution in [3.63, 3.8) is 0 Å². The number of anilines is 2. The molecular weight excluding hydrogens is 496 g/mol. The van der Waals surface area contributed by atoms with Crippen LogP contribution >= 0.6 is 0 Å². The SMILES string of the molecule is Cc1nc(Oc2ccc(NS(=O)(=O)c3ccc(N4C(=O)CCC4=O)cc3)cc2)cc(-n2ccnc2C)n1. The van der Waals surface area contributed by atoms with E-state index in [0.29, 0.717) is 34.6 Å². The number of rotatable bonds is 7. The predicted molar refractivity (Wildman–Crippen MR) is 134 cm³/mol. The number of nitrogens with one attached hydrogen (secondary N) is 1. The maximum Gasteiger partial charge on any atom is 0.261 e.